The fourth-order valence-electron chi connectivity index (χ4n) is 2.77. The molecule has 0 amide bonds. The van der Waals surface area contributed by atoms with Gasteiger partial charge in [-0.3, -0.25) is 0 Å². The molecule has 2 aromatic carbocycles. The van der Waals surface area contributed by atoms with E-state index in [1.165, 1.54) is 29.2 Å². The molecule has 2 rings (SSSR count). The monoisotopic (exact) mass is 295 g/mol. The van der Waals surface area contributed by atoms with Gasteiger partial charge in [-0.05, 0) is 23.5 Å². The van der Waals surface area contributed by atoms with Gasteiger partial charge < -0.3 is 0 Å². The zero-order valence-corrected chi connectivity index (χ0v) is 14.8. The van der Waals surface area contributed by atoms with Crippen molar-refractivity contribution in [3.8, 4) is 0 Å². The Balaban J connectivity index is 2.30. The lowest BCUT2D eigenvalue weighted by molar-refractivity contribution is 0.484. The summed E-state index contributed by atoms with van der Waals surface area (Å²) < 4.78 is 0. The normalized spacial score (nSPS) is 14.1. The van der Waals surface area contributed by atoms with Crippen molar-refractivity contribution in [3.05, 3.63) is 65.7 Å². The van der Waals surface area contributed by atoms with Gasteiger partial charge in [0.05, 0.1) is 8.80 Å². The lowest BCUT2D eigenvalue weighted by Crippen LogP contribution is -2.22. The molecule has 0 bridgehead atoms. The van der Waals surface area contributed by atoms with Crippen molar-refractivity contribution in [1.29, 1.82) is 0 Å². The molecule has 2 atom stereocenters. The molecule has 0 aromatic heterocycles. The molecule has 0 saturated heterocycles. The Morgan fingerprint density at radius 1 is 0.857 bits per heavy atom. The summed E-state index contributed by atoms with van der Waals surface area (Å²) in [6.07, 6.45) is 2.48. The van der Waals surface area contributed by atoms with E-state index in [1.807, 2.05) is 0 Å². The zero-order chi connectivity index (χ0) is 15.2. The van der Waals surface area contributed by atoms with Crippen molar-refractivity contribution in [2.24, 2.45) is 5.92 Å². The van der Waals surface area contributed by atoms with Crippen molar-refractivity contribution in [1.82, 2.24) is 0 Å². The molecule has 0 aliphatic carbocycles. The minimum Gasteiger partial charge on any atom is -0.0671 e. The van der Waals surface area contributed by atoms with Gasteiger partial charge in [0.2, 0.25) is 0 Å². The Labute approximate surface area is 131 Å². The van der Waals surface area contributed by atoms with E-state index in [0.29, 0.717) is 5.92 Å². The molecule has 0 aliphatic rings. The van der Waals surface area contributed by atoms with Gasteiger partial charge in [-0.25, -0.2) is 0 Å². The fourth-order valence-corrected chi connectivity index (χ4v) is 3.60. The lowest BCUT2D eigenvalue weighted by Gasteiger charge is -2.22. The topological polar surface area (TPSA) is 0 Å². The first-order valence-corrected chi connectivity index (χ1v) is 10.6. The highest BCUT2D eigenvalue weighted by molar-refractivity contribution is 6.70. The maximum atomic E-state index is 2.36. The molecule has 0 heterocycles. The minimum absolute atomic E-state index is 0.345. The Bertz CT molecular complexity index is 528. The standard InChI is InChI=1S/C20H27Si/c1-5-16(2)15-20(17-9-7-6-8-10-17)18-11-13-19(14-12-18)21(3)4/h6-14,16,20H,5,15H2,1-4H3. The molecule has 0 spiro atoms. The van der Waals surface area contributed by atoms with E-state index < -0.39 is 0 Å². The van der Waals surface area contributed by atoms with E-state index in [4.69, 9.17) is 0 Å². The predicted octanol–water partition coefficient (Wildman–Crippen LogP) is 5.22. The Morgan fingerprint density at radius 3 is 1.95 bits per heavy atom. The molecule has 2 aromatic rings. The third-order valence-electron chi connectivity index (χ3n) is 4.43. The average molecular weight is 296 g/mol. The van der Waals surface area contributed by atoms with Gasteiger partial charge in [0.25, 0.3) is 0 Å². The SMILES string of the molecule is CCC(C)CC(c1ccccc1)c1ccc([Si](C)C)cc1. The molecule has 1 heteroatoms. The summed E-state index contributed by atoms with van der Waals surface area (Å²) in [4.78, 5) is 0. The fraction of sp³-hybridized carbons (Fsp3) is 0.400. The molecule has 0 fully saturated rings. The molecule has 21 heavy (non-hydrogen) atoms. The van der Waals surface area contributed by atoms with Crippen LogP contribution in [0.5, 0.6) is 0 Å². The third-order valence-corrected chi connectivity index (χ3v) is 5.92. The smallest absolute Gasteiger partial charge is 0.0671 e. The zero-order valence-electron chi connectivity index (χ0n) is 13.8. The summed E-state index contributed by atoms with van der Waals surface area (Å²) in [6, 6.07) is 20.4. The molecular formula is C20H27Si. The molecule has 111 valence electrons. The first kappa shape index (κ1) is 16.0. The van der Waals surface area contributed by atoms with Gasteiger partial charge in [0.1, 0.15) is 0 Å². The van der Waals surface area contributed by atoms with Crippen molar-refractivity contribution in [2.45, 2.75) is 45.7 Å². The van der Waals surface area contributed by atoms with Crippen LogP contribution in [0.1, 0.15) is 43.7 Å². The number of hydrogen-bond donors (Lipinski definition) is 0. The van der Waals surface area contributed by atoms with E-state index in [9.17, 15) is 0 Å². The minimum atomic E-state index is -0.345. The molecule has 0 nitrogen and oxygen atoms in total. The van der Waals surface area contributed by atoms with E-state index in [2.05, 4.69) is 81.5 Å². The van der Waals surface area contributed by atoms with Crippen LogP contribution < -0.4 is 5.19 Å². The van der Waals surface area contributed by atoms with E-state index >= 15 is 0 Å². The Hall–Kier alpha value is -1.34. The van der Waals surface area contributed by atoms with Crippen LogP contribution in [0.15, 0.2) is 54.6 Å². The number of hydrogen-bond acceptors (Lipinski definition) is 0. The first-order chi connectivity index (χ1) is 10.1. The van der Waals surface area contributed by atoms with Crippen molar-refractivity contribution < 1.29 is 0 Å². The van der Waals surface area contributed by atoms with Crippen LogP contribution in [0.4, 0.5) is 0 Å². The van der Waals surface area contributed by atoms with Crippen LogP contribution in [0.2, 0.25) is 13.1 Å². The van der Waals surface area contributed by atoms with Crippen LogP contribution in [0.25, 0.3) is 0 Å². The van der Waals surface area contributed by atoms with Crippen LogP contribution in [-0.4, -0.2) is 8.80 Å². The van der Waals surface area contributed by atoms with Gasteiger partial charge in [0.15, 0.2) is 0 Å². The highest BCUT2D eigenvalue weighted by atomic mass is 28.3. The highest BCUT2D eigenvalue weighted by Crippen LogP contribution is 2.31. The van der Waals surface area contributed by atoms with Gasteiger partial charge in [0, 0.05) is 5.92 Å². The van der Waals surface area contributed by atoms with E-state index in [-0.39, 0.29) is 8.80 Å². The molecule has 1 radical (unpaired) electrons. The van der Waals surface area contributed by atoms with E-state index in [1.54, 1.807) is 0 Å². The molecule has 0 N–H and O–H groups in total. The summed E-state index contributed by atoms with van der Waals surface area (Å²) in [6.45, 7) is 9.36. The van der Waals surface area contributed by atoms with Crippen molar-refractivity contribution >= 4 is 14.0 Å². The maximum Gasteiger partial charge on any atom is 0.0791 e. The highest BCUT2D eigenvalue weighted by Gasteiger charge is 2.17. The van der Waals surface area contributed by atoms with E-state index in [0.717, 1.165) is 5.92 Å². The van der Waals surface area contributed by atoms with Crippen LogP contribution in [-0.2, 0) is 0 Å². The maximum absolute atomic E-state index is 2.36. The van der Waals surface area contributed by atoms with Gasteiger partial charge in [-0.15, -0.1) is 0 Å². The summed E-state index contributed by atoms with van der Waals surface area (Å²) in [5.41, 5.74) is 2.91. The lowest BCUT2D eigenvalue weighted by atomic mass is 9.83. The third kappa shape index (κ3) is 4.31. The quantitative estimate of drug-likeness (QED) is 0.641. The average Bonchev–Trinajstić information content (AvgIpc) is 2.53. The summed E-state index contributed by atoms with van der Waals surface area (Å²) in [5, 5.41) is 1.53. The van der Waals surface area contributed by atoms with Crippen molar-refractivity contribution in [3.63, 3.8) is 0 Å². The van der Waals surface area contributed by atoms with Gasteiger partial charge in [-0.2, -0.15) is 0 Å². The number of rotatable bonds is 6. The van der Waals surface area contributed by atoms with Gasteiger partial charge in [-0.1, -0.05) is 93.1 Å². The Morgan fingerprint density at radius 2 is 1.43 bits per heavy atom. The van der Waals surface area contributed by atoms with Crippen molar-refractivity contribution in [2.75, 3.05) is 0 Å². The largest absolute Gasteiger partial charge is 0.0791 e. The first-order valence-electron chi connectivity index (χ1n) is 8.07. The second kappa shape index (κ2) is 7.60. The second-order valence-electron chi connectivity index (χ2n) is 6.33. The van der Waals surface area contributed by atoms with Crippen LogP contribution in [0, 0.1) is 5.92 Å². The molecule has 0 aliphatic heterocycles. The van der Waals surface area contributed by atoms with Gasteiger partial charge >= 0.3 is 0 Å². The molecule has 2 unspecified atom stereocenters. The second-order valence-corrected chi connectivity index (χ2v) is 8.91. The Kier molecular flexibility index (Phi) is 5.81. The summed E-state index contributed by atoms with van der Waals surface area (Å²) >= 11 is 0. The number of benzene rings is 2. The molecule has 0 saturated carbocycles. The molecular weight excluding hydrogens is 268 g/mol. The van der Waals surface area contributed by atoms with Crippen LogP contribution in [0.3, 0.4) is 0 Å². The summed E-state index contributed by atoms with van der Waals surface area (Å²) in [5.74, 6) is 1.28. The summed E-state index contributed by atoms with van der Waals surface area (Å²) in [7, 11) is -0.345. The van der Waals surface area contributed by atoms with Crippen LogP contribution >= 0.6 is 0 Å². The predicted molar refractivity (Wildman–Crippen MR) is 95.9 cm³/mol.